The van der Waals surface area contributed by atoms with Gasteiger partial charge in [0.25, 0.3) is 0 Å². The Hall–Kier alpha value is -4.25. The van der Waals surface area contributed by atoms with Crippen LogP contribution in [0.4, 0.5) is 0 Å². The van der Waals surface area contributed by atoms with Crippen molar-refractivity contribution in [1.29, 1.82) is 0 Å². The molecule has 0 saturated heterocycles. The number of fused-ring (bicyclic) bond motifs is 6. The summed E-state index contributed by atoms with van der Waals surface area (Å²) in [4.78, 5) is 14.6. The number of allylic oxidation sites excluding steroid dienone is 1. The zero-order chi connectivity index (χ0) is 21.9. The maximum absolute atomic E-state index is 5.05. The molecule has 3 aromatic heterocycles. The molecule has 1 aliphatic carbocycles. The van der Waals surface area contributed by atoms with E-state index in [1.165, 1.54) is 27.4 Å². The molecule has 33 heavy (non-hydrogen) atoms. The van der Waals surface area contributed by atoms with Crippen molar-refractivity contribution in [3.8, 4) is 11.9 Å². The molecule has 0 aliphatic heterocycles. The average molecular weight is 428 g/mol. The van der Waals surface area contributed by atoms with E-state index in [0.29, 0.717) is 17.7 Å². The molecule has 0 amide bonds. The quantitative estimate of drug-likeness (QED) is 0.331. The van der Waals surface area contributed by atoms with Gasteiger partial charge in [-0.3, -0.25) is 9.13 Å². The summed E-state index contributed by atoms with van der Waals surface area (Å²) in [5.74, 6) is 1.99. The lowest BCUT2D eigenvalue weighted by Gasteiger charge is -2.13. The number of rotatable bonds is 2. The highest BCUT2D eigenvalue weighted by Crippen LogP contribution is 2.34. The van der Waals surface area contributed by atoms with Gasteiger partial charge in [0.15, 0.2) is 0 Å². The lowest BCUT2D eigenvalue weighted by Crippen LogP contribution is -2.11. The largest absolute Gasteiger partial charge is 0.278 e. The van der Waals surface area contributed by atoms with E-state index in [4.69, 9.17) is 15.0 Å². The van der Waals surface area contributed by atoms with E-state index >= 15 is 0 Å². The number of hydrogen-bond donors (Lipinski definition) is 0. The van der Waals surface area contributed by atoms with Crippen LogP contribution in [-0.2, 0) is 6.42 Å². The lowest BCUT2D eigenvalue weighted by atomic mass is 10.0. The maximum Gasteiger partial charge on any atom is 0.239 e. The van der Waals surface area contributed by atoms with Crippen molar-refractivity contribution < 1.29 is 0 Å². The molecular formula is C28H21N5. The van der Waals surface area contributed by atoms with Crippen LogP contribution in [0.2, 0.25) is 0 Å². The van der Waals surface area contributed by atoms with Crippen LogP contribution in [0.3, 0.4) is 0 Å². The predicted octanol–water partition coefficient (Wildman–Crippen LogP) is 6.18. The Morgan fingerprint density at radius 2 is 1.18 bits per heavy atom. The van der Waals surface area contributed by atoms with Crippen molar-refractivity contribution in [1.82, 2.24) is 24.1 Å². The van der Waals surface area contributed by atoms with Crippen molar-refractivity contribution in [3.63, 3.8) is 0 Å². The SMILES string of the molecule is Cc1nc(-n2c3c(c4ccccc42)CCC=C3)nc(-n2c3ccccc3c3ccccc32)n1. The van der Waals surface area contributed by atoms with E-state index in [9.17, 15) is 0 Å². The molecule has 5 nitrogen and oxygen atoms in total. The van der Waals surface area contributed by atoms with Crippen LogP contribution in [0.25, 0.3) is 50.7 Å². The first-order valence-electron chi connectivity index (χ1n) is 11.3. The lowest BCUT2D eigenvalue weighted by molar-refractivity contribution is 0.836. The summed E-state index contributed by atoms with van der Waals surface area (Å²) in [5.41, 5.74) is 5.85. The third kappa shape index (κ3) is 2.62. The van der Waals surface area contributed by atoms with E-state index in [1.54, 1.807) is 0 Å². The standard InChI is InChI=1S/C28H21N5/c1-18-29-27(32-23-14-6-2-10-19(23)20-11-3-7-15-24(20)32)31-28(30-18)33-25-16-8-4-12-21(25)22-13-5-9-17-26(22)33/h2-4,6-12,14-17H,5,13H2,1H3. The number of aromatic nitrogens is 5. The molecule has 7 rings (SSSR count). The van der Waals surface area contributed by atoms with Gasteiger partial charge in [-0.15, -0.1) is 0 Å². The van der Waals surface area contributed by atoms with E-state index in [-0.39, 0.29) is 0 Å². The molecule has 0 radical (unpaired) electrons. The second-order valence-corrected chi connectivity index (χ2v) is 8.51. The van der Waals surface area contributed by atoms with Gasteiger partial charge in [-0.25, -0.2) is 0 Å². The van der Waals surface area contributed by atoms with E-state index < -0.39 is 0 Å². The second kappa shape index (κ2) is 6.87. The minimum atomic E-state index is 0.640. The number of hydrogen-bond acceptors (Lipinski definition) is 3. The van der Waals surface area contributed by atoms with Gasteiger partial charge >= 0.3 is 0 Å². The predicted molar refractivity (Wildman–Crippen MR) is 133 cm³/mol. The Morgan fingerprint density at radius 1 is 0.636 bits per heavy atom. The summed E-state index contributed by atoms with van der Waals surface area (Å²) >= 11 is 0. The smallest absolute Gasteiger partial charge is 0.239 e. The minimum absolute atomic E-state index is 0.640. The summed E-state index contributed by atoms with van der Waals surface area (Å²) in [6.45, 7) is 1.94. The maximum atomic E-state index is 5.05. The molecule has 0 unspecified atom stereocenters. The van der Waals surface area contributed by atoms with Crippen LogP contribution in [0.15, 0.2) is 78.9 Å². The molecule has 0 fully saturated rings. The first-order chi connectivity index (χ1) is 16.3. The second-order valence-electron chi connectivity index (χ2n) is 8.51. The van der Waals surface area contributed by atoms with E-state index in [1.807, 2.05) is 6.92 Å². The molecular weight excluding hydrogens is 406 g/mol. The van der Waals surface area contributed by atoms with Crippen LogP contribution < -0.4 is 0 Å². The Balaban J connectivity index is 1.56. The summed E-state index contributed by atoms with van der Waals surface area (Å²) in [7, 11) is 0. The van der Waals surface area contributed by atoms with Gasteiger partial charge in [0.05, 0.1) is 22.2 Å². The Morgan fingerprint density at radius 3 is 1.85 bits per heavy atom. The summed E-state index contributed by atoms with van der Waals surface area (Å²) in [6.07, 6.45) is 6.53. The van der Waals surface area contributed by atoms with Crippen molar-refractivity contribution in [2.24, 2.45) is 0 Å². The van der Waals surface area contributed by atoms with Gasteiger partial charge in [0.1, 0.15) is 5.82 Å². The van der Waals surface area contributed by atoms with Crippen LogP contribution in [0.1, 0.15) is 23.5 Å². The topological polar surface area (TPSA) is 48.5 Å². The summed E-state index contributed by atoms with van der Waals surface area (Å²) < 4.78 is 4.34. The van der Waals surface area contributed by atoms with Crippen LogP contribution in [-0.4, -0.2) is 24.1 Å². The molecule has 5 heteroatoms. The van der Waals surface area contributed by atoms with Crippen LogP contribution >= 0.6 is 0 Å². The molecule has 158 valence electrons. The molecule has 0 spiro atoms. The molecule has 0 bridgehead atoms. The van der Waals surface area contributed by atoms with Crippen LogP contribution in [0.5, 0.6) is 0 Å². The normalized spacial score (nSPS) is 13.2. The van der Waals surface area contributed by atoms with Gasteiger partial charge in [-0.1, -0.05) is 60.7 Å². The fourth-order valence-corrected chi connectivity index (χ4v) is 5.19. The van der Waals surface area contributed by atoms with Crippen LogP contribution in [0, 0.1) is 6.92 Å². The van der Waals surface area contributed by atoms with Gasteiger partial charge in [-0.05, 0) is 49.6 Å². The number of aryl methyl sites for hydroxylation is 2. The zero-order valence-electron chi connectivity index (χ0n) is 18.2. The zero-order valence-corrected chi connectivity index (χ0v) is 18.2. The average Bonchev–Trinajstić information content (AvgIpc) is 3.37. The Labute approximate surface area is 190 Å². The number of benzene rings is 3. The summed E-state index contributed by atoms with van der Waals surface area (Å²) in [5, 5.41) is 3.66. The number of para-hydroxylation sites is 3. The molecule has 0 atom stereocenters. The van der Waals surface area contributed by atoms with E-state index in [2.05, 4.69) is 94.1 Å². The third-order valence-corrected chi connectivity index (χ3v) is 6.56. The Bertz CT molecular complexity index is 1680. The highest BCUT2D eigenvalue weighted by molar-refractivity contribution is 6.08. The Kier molecular flexibility index (Phi) is 3.82. The fourth-order valence-electron chi connectivity index (χ4n) is 5.19. The van der Waals surface area contributed by atoms with Crippen molar-refractivity contribution in [2.45, 2.75) is 19.8 Å². The molecule has 1 aliphatic rings. The first-order valence-corrected chi connectivity index (χ1v) is 11.3. The number of nitrogens with zero attached hydrogens (tertiary/aromatic N) is 5. The van der Waals surface area contributed by atoms with Gasteiger partial charge in [0.2, 0.25) is 11.9 Å². The fraction of sp³-hybridized carbons (Fsp3) is 0.107. The molecule has 6 aromatic rings. The molecule has 0 saturated carbocycles. The van der Waals surface area contributed by atoms with E-state index in [0.717, 1.165) is 29.4 Å². The molecule has 3 aromatic carbocycles. The van der Waals surface area contributed by atoms with Gasteiger partial charge in [0, 0.05) is 16.2 Å². The van der Waals surface area contributed by atoms with Crippen molar-refractivity contribution in [2.75, 3.05) is 0 Å². The molecule has 0 N–H and O–H groups in total. The molecule has 3 heterocycles. The monoisotopic (exact) mass is 427 g/mol. The third-order valence-electron chi connectivity index (χ3n) is 6.56. The minimum Gasteiger partial charge on any atom is -0.278 e. The highest BCUT2D eigenvalue weighted by atomic mass is 15.3. The van der Waals surface area contributed by atoms with Gasteiger partial charge in [-0.2, -0.15) is 15.0 Å². The summed E-state index contributed by atoms with van der Waals surface area (Å²) in [6, 6.07) is 25.4. The highest BCUT2D eigenvalue weighted by Gasteiger charge is 2.21. The van der Waals surface area contributed by atoms with Gasteiger partial charge < -0.3 is 0 Å². The first kappa shape index (κ1) is 18.3. The van der Waals surface area contributed by atoms with Crippen molar-refractivity contribution >= 4 is 38.8 Å². The van der Waals surface area contributed by atoms with Crippen molar-refractivity contribution in [3.05, 3.63) is 96.0 Å².